The van der Waals surface area contributed by atoms with Crippen molar-refractivity contribution in [1.82, 2.24) is 4.98 Å². The van der Waals surface area contributed by atoms with Crippen LogP contribution < -0.4 is 11.1 Å². The fourth-order valence-corrected chi connectivity index (χ4v) is 1.46. The molecule has 0 bridgehead atoms. The van der Waals surface area contributed by atoms with Crippen molar-refractivity contribution in [3.63, 3.8) is 0 Å². The van der Waals surface area contributed by atoms with Crippen molar-refractivity contribution in [2.75, 3.05) is 11.1 Å². The number of aromatic nitrogens is 1. The minimum Gasteiger partial charge on any atom is -0.465 e. The highest BCUT2D eigenvalue weighted by Gasteiger charge is 1.98. The summed E-state index contributed by atoms with van der Waals surface area (Å²) >= 11 is 0. The van der Waals surface area contributed by atoms with Gasteiger partial charge < -0.3 is 10.8 Å². The second-order valence-electron chi connectivity index (χ2n) is 3.77. The fourth-order valence-electron chi connectivity index (χ4n) is 1.46. The van der Waals surface area contributed by atoms with Gasteiger partial charge in [-0.25, -0.2) is 4.79 Å². The van der Waals surface area contributed by atoms with E-state index >= 15 is 0 Å². The first-order chi connectivity index (χ1) is 9.13. The molecule has 5 nitrogen and oxygen atoms in total. The summed E-state index contributed by atoms with van der Waals surface area (Å²) in [4.78, 5) is 14.4. The van der Waals surface area contributed by atoms with Gasteiger partial charge in [-0.15, -0.1) is 0 Å². The SMILES string of the molecule is Nc1cccc(C#Cc2cncc(NC(=O)O)c2)c1. The fraction of sp³-hybridized carbons (Fsp3) is 0. The molecule has 0 saturated heterocycles. The molecule has 19 heavy (non-hydrogen) atoms. The first-order valence-electron chi connectivity index (χ1n) is 5.46. The molecule has 5 heteroatoms. The second kappa shape index (κ2) is 5.56. The molecule has 1 heterocycles. The highest BCUT2D eigenvalue weighted by Crippen LogP contribution is 2.08. The molecule has 0 radical (unpaired) electrons. The van der Waals surface area contributed by atoms with Crippen molar-refractivity contribution in [3.8, 4) is 11.8 Å². The molecule has 0 saturated carbocycles. The zero-order valence-corrected chi connectivity index (χ0v) is 9.92. The molecule has 4 N–H and O–H groups in total. The zero-order chi connectivity index (χ0) is 13.7. The number of nitrogens with two attached hydrogens (primary N) is 1. The maximum Gasteiger partial charge on any atom is 0.409 e. The van der Waals surface area contributed by atoms with E-state index in [1.807, 2.05) is 12.1 Å². The number of hydrogen-bond donors (Lipinski definition) is 3. The van der Waals surface area contributed by atoms with E-state index in [0.717, 1.165) is 5.56 Å². The van der Waals surface area contributed by atoms with E-state index < -0.39 is 6.09 Å². The predicted molar refractivity (Wildman–Crippen MR) is 72.7 cm³/mol. The molecule has 0 aliphatic heterocycles. The van der Waals surface area contributed by atoms with Gasteiger partial charge in [-0.2, -0.15) is 0 Å². The number of benzene rings is 1. The summed E-state index contributed by atoms with van der Waals surface area (Å²) in [5, 5.41) is 10.8. The Hall–Kier alpha value is -3.00. The lowest BCUT2D eigenvalue weighted by atomic mass is 10.2. The molecule has 0 fully saturated rings. The lowest BCUT2D eigenvalue weighted by molar-refractivity contribution is 0.209. The molecule has 2 aromatic rings. The third-order valence-electron chi connectivity index (χ3n) is 2.23. The molecule has 0 spiro atoms. The average Bonchev–Trinajstić information content (AvgIpc) is 2.36. The highest BCUT2D eigenvalue weighted by atomic mass is 16.4. The van der Waals surface area contributed by atoms with Crippen molar-refractivity contribution < 1.29 is 9.90 Å². The number of carboxylic acid groups (broad SMARTS) is 1. The van der Waals surface area contributed by atoms with Gasteiger partial charge in [-0.05, 0) is 24.3 Å². The van der Waals surface area contributed by atoms with E-state index in [0.29, 0.717) is 16.9 Å². The van der Waals surface area contributed by atoms with E-state index in [1.165, 1.54) is 6.20 Å². The quantitative estimate of drug-likeness (QED) is 0.536. The van der Waals surface area contributed by atoms with E-state index in [9.17, 15) is 4.79 Å². The number of anilines is 2. The molecule has 0 unspecified atom stereocenters. The summed E-state index contributed by atoms with van der Waals surface area (Å²) in [6.45, 7) is 0. The van der Waals surface area contributed by atoms with Gasteiger partial charge in [0.2, 0.25) is 0 Å². The largest absolute Gasteiger partial charge is 0.465 e. The molecule has 1 amide bonds. The standard InChI is InChI=1S/C14H11N3O2/c15-12-3-1-2-10(6-12)4-5-11-7-13(9-16-8-11)17-14(18)19/h1-3,6-9,17H,15H2,(H,18,19). The van der Waals surface area contributed by atoms with Gasteiger partial charge in [-0.1, -0.05) is 17.9 Å². The molecule has 94 valence electrons. The van der Waals surface area contributed by atoms with Crippen molar-refractivity contribution in [2.24, 2.45) is 0 Å². The van der Waals surface area contributed by atoms with Crippen LogP contribution in [-0.2, 0) is 0 Å². The molecule has 0 aliphatic rings. The summed E-state index contributed by atoms with van der Waals surface area (Å²) in [6.07, 6.45) is 1.84. The molecular weight excluding hydrogens is 242 g/mol. The van der Waals surface area contributed by atoms with Crippen LogP contribution in [0.3, 0.4) is 0 Å². The van der Waals surface area contributed by atoms with Gasteiger partial charge >= 0.3 is 6.09 Å². The Balaban J connectivity index is 2.22. The molecule has 2 rings (SSSR count). The summed E-state index contributed by atoms with van der Waals surface area (Å²) in [5.41, 5.74) is 8.08. The molecule has 1 aromatic heterocycles. The van der Waals surface area contributed by atoms with Crippen molar-refractivity contribution in [1.29, 1.82) is 0 Å². The van der Waals surface area contributed by atoms with Crippen LogP contribution in [0.1, 0.15) is 11.1 Å². The van der Waals surface area contributed by atoms with Gasteiger partial charge in [0.1, 0.15) is 0 Å². The first kappa shape index (κ1) is 12.5. The summed E-state index contributed by atoms with van der Waals surface area (Å²) < 4.78 is 0. The zero-order valence-electron chi connectivity index (χ0n) is 9.92. The third-order valence-corrected chi connectivity index (χ3v) is 2.23. The minimum atomic E-state index is -1.14. The van der Waals surface area contributed by atoms with Crippen molar-refractivity contribution in [3.05, 3.63) is 53.9 Å². The van der Waals surface area contributed by atoms with Crippen LogP contribution >= 0.6 is 0 Å². The Kier molecular flexibility index (Phi) is 3.64. The smallest absolute Gasteiger partial charge is 0.409 e. The van der Waals surface area contributed by atoms with Crippen molar-refractivity contribution >= 4 is 17.5 Å². The molecule has 1 aromatic carbocycles. The van der Waals surface area contributed by atoms with Crippen LogP contribution in [-0.4, -0.2) is 16.2 Å². The monoisotopic (exact) mass is 253 g/mol. The normalized spacial score (nSPS) is 9.26. The number of pyridine rings is 1. The molecule has 0 aliphatic carbocycles. The number of amides is 1. The van der Waals surface area contributed by atoms with Crippen LogP contribution in [0, 0.1) is 11.8 Å². The number of nitrogens with one attached hydrogen (secondary N) is 1. The summed E-state index contributed by atoms with van der Waals surface area (Å²) in [7, 11) is 0. The maximum absolute atomic E-state index is 10.5. The van der Waals surface area contributed by atoms with Crippen LogP contribution in [0.25, 0.3) is 0 Å². The molecule has 0 atom stereocenters. The van der Waals surface area contributed by atoms with Crippen LogP contribution in [0.4, 0.5) is 16.2 Å². The minimum absolute atomic E-state index is 0.381. The molecular formula is C14H11N3O2. The second-order valence-corrected chi connectivity index (χ2v) is 3.77. The Morgan fingerprint density at radius 2 is 2.00 bits per heavy atom. The number of nitrogen functional groups attached to an aromatic ring is 1. The summed E-state index contributed by atoms with van der Waals surface area (Å²) in [5.74, 6) is 5.84. The number of hydrogen-bond acceptors (Lipinski definition) is 3. The van der Waals surface area contributed by atoms with E-state index in [4.69, 9.17) is 10.8 Å². The lowest BCUT2D eigenvalue weighted by Gasteiger charge is -1.99. The maximum atomic E-state index is 10.5. The Morgan fingerprint density at radius 3 is 2.74 bits per heavy atom. The van der Waals surface area contributed by atoms with E-state index in [1.54, 1.807) is 24.4 Å². The number of nitrogens with zero attached hydrogens (tertiary/aromatic N) is 1. The van der Waals surface area contributed by atoms with Gasteiger partial charge in [0.05, 0.1) is 11.9 Å². The average molecular weight is 253 g/mol. The number of rotatable bonds is 1. The van der Waals surface area contributed by atoms with Crippen LogP contribution in [0.15, 0.2) is 42.7 Å². The van der Waals surface area contributed by atoms with Crippen LogP contribution in [0.2, 0.25) is 0 Å². The van der Waals surface area contributed by atoms with E-state index in [-0.39, 0.29) is 0 Å². The number of carbonyl (C=O) groups is 1. The van der Waals surface area contributed by atoms with Gasteiger partial charge in [0, 0.05) is 23.0 Å². The van der Waals surface area contributed by atoms with Gasteiger partial charge in [-0.3, -0.25) is 10.3 Å². The Bertz CT molecular complexity index is 672. The van der Waals surface area contributed by atoms with Crippen molar-refractivity contribution in [2.45, 2.75) is 0 Å². The van der Waals surface area contributed by atoms with Gasteiger partial charge in [0.25, 0.3) is 0 Å². The van der Waals surface area contributed by atoms with Gasteiger partial charge in [0.15, 0.2) is 0 Å². The predicted octanol–water partition coefficient (Wildman–Crippen LogP) is 2.15. The Labute approximate surface area is 110 Å². The van der Waals surface area contributed by atoms with Crippen LogP contribution in [0.5, 0.6) is 0 Å². The summed E-state index contributed by atoms with van der Waals surface area (Å²) in [6, 6.07) is 8.82. The highest BCUT2D eigenvalue weighted by molar-refractivity contribution is 5.82. The topological polar surface area (TPSA) is 88.2 Å². The lowest BCUT2D eigenvalue weighted by Crippen LogP contribution is -2.07. The first-order valence-corrected chi connectivity index (χ1v) is 5.46. The van der Waals surface area contributed by atoms with E-state index in [2.05, 4.69) is 22.1 Å². The Morgan fingerprint density at radius 1 is 1.21 bits per heavy atom. The third kappa shape index (κ3) is 3.75.